The van der Waals surface area contributed by atoms with Crippen LogP contribution in [0.3, 0.4) is 0 Å². The molecule has 1 aromatic carbocycles. The summed E-state index contributed by atoms with van der Waals surface area (Å²) in [5.74, 6) is 1.19. The van der Waals surface area contributed by atoms with Crippen molar-refractivity contribution in [2.75, 3.05) is 11.1 Å². The van der Waals surface area contributed by atoms with Crippen LogP contribution in [-0.2, 0) is 11.2 Å². The van der Waals surface area contributed by atoms with Gasteiger partial charge in [0.25, 0.3) is 5.89 Å². The lowest BCUT2D eigenvalue weighted by Gasteiger charge is -2.06. The van der Waals surface area contributed by atoms with Crippen LogP contribution in [0.1, 0.15) is 12.7 Å². The molecule has 0 spiro atoms. The molecule has 1 N–H and O–H groups in total. The minimum absolute atomic E-state index is 0.145. The molecule has 0 bridgehead atoms. The fourth-order valence-electron chi connectivity index (χ4n) is 2.00. The molecule has 3 rings (SSSR count). The van der Waals surface area contributed by atoms with Gasteiger partial charge in [0.05, 0.1) is 27.1 Å². The highest BCUT2D eigenvalue weighted by Crippen LogP contribution is 2.23. The summed E-state index contributed by atoms with van der Waals surface area (Å²) in [4.78, 5) is 20.6. The van der Waals surface area contributed by atoms with Crippen LogP contribution < -0.4 is 5.32 Å². The number of aromatic nitrogens is 3. The van der Waals surface area contributed by atoms with E-state index in [1.165, 1.54) is 11.8 Å². The predicted molar refractivity (Wildman–Crippen MR) is 97.7 cm³/mol. The van der Waals surface area contributed by atoms with Crippen LogP contribution in [-0.4, -0.2) is 26.8 Å². The number of nitrogens with one attached hydrogen (secondary N) is 1. The molecule has 25 heavy (non-hydrogen) atoms. The molecule has 3 aromatic rings. The maximum atomic E-state index is 12.0. The van der Waals surface area contributed by atoms with Crippen LogP contribution in [0.15, 0.2) is 52.1 Å². The molecular formula is C17H15ClN4O2S. The zero-order chi connectivity index (χ0) is 17.6. The molecule has 2 aromatic heterocycles. The van der Waals surface area contributed by atoms with Crippen LogP contribution in [0.25, 0.3) is 11.5 Å². The lowest BCUT2D eigenvalue weighted by Crippen LogP contribution is -2.14. The van der Waals surface area contributed by atoms with Gasteiger partial charge in [-0.05, 0) is 24.3 Å². The monoisotopic (exact) mass is 374 g/mol. The largest absolute Gasteiger partial charge is 0.334 e. The molecule has 0 unspecified atom stereocenters. The Labute approximate surface area is 154 Å². The zero-order valence-corrected chi connectivity index (χ0v) is 15.0. The molecular weight excluding hydrogens is 360 g/mol. The second-order valence-electron chi connectivity index (χ2n) is 5.07. The van der Waals surface area contributed by atoms with Crippen molar-refractivity contribution in [3.05, 3.63) is 53.4 Å². The van der Waals surface area contributed by atoms with E-state index in [1.807, 2.05) is 31.2 Å². The molecule has 1 amide bonds. The molecule has 128 valence electrons. The number of pyridine rings is 1. The number of amides is 1. The van der Waals surface area contributed by atoms with Crippen molar-refractivity contribution in [1.29, 1.82) is 0 Å². The van der Waals surface area contributed by atoms with Gasteiger partial charge >= 0.3 is 0 Å². The topological polar surface area (TPSA) is 80.9 Å². The summed E-state index contributed by atoms with van der Waals surface area (Å²) < 4.78 is 5.17. The highest BCUT2D eigenvalue weighted by atomic mass is 35.5. The highest BCUT2D eigenvalue weighted by Gasteiger charge is 2.10. The SMILES string of the molecule is CCc1noc(-c2ccc(SCC(=O)Nc3ccccc3Cl)nc2)n1. The van der Waals surface area contributed by atoms with E-state index in [0.29, 0.717) is 28.8 Å². The Balaban J connectivity index is 1.56. The second kappa shape index (κ2) is 8.13. The van der Waals surface area contributed by atoms with Crippen molar-refractivity contribution in [2.24, 2.45) is 0 Å². The van der Waals surface area contributed by atoms with Crippen molar-refractivity contribution in [3.63, 3.8) is 0 Å². The standard InChI is InChI=1S/C17H15ClN4O2S/c1-2-14-21-17(24-22-14)11-7-8-16(19-9-11)25-10-15(23)20-13-6-4-3-5-12(13)18/h3-9H,2,10H2,1H3,(H,20,23). The Morgan fingerprint density at radius 3 is 2.80 bits per heavy atom. The van der Waals surface area contributed by atoms with Crippen molar-refractivity contribution in [3.8, 4) is 11.5 Å². The number of hydrogen-bond acceptors (Lipinski definition) is 6. The smallest absolute Gasteiger partial charge is 0.259 e. The molecule has 0 fully saturated rings. The number of benzene rings is 1. The maximum absolute atomic E-state index is 12.0. The van der Waals surface area contributed by atoms with E-state index in [0.717, 1.165) is 10.6 Å². The van der Waals surface area contributed by atoms with Gasteiger partial charge in [-0.15, -0.1) is 0 Å². The fourth-order valence-corrected chi connectivity index (χ4v) is 2.82. The molecule has 0 saturated carbocycles. The third-order valence-corrected chi connectivity index (χ3v) is 4.54. The molecule has 2 heterocycles. The first kappa shape index (κ1) is 17.4. The third-order valence-electron chi connectivity index (χ3n) is 3.27. The lowest BCUT2D eigenvalue weighted by atomic mass is 10.3. The first-order valence-corrected chi connectivity index (χ1v) is 8.98. The van der Waals surface area contributed by atoms with E-state index < -0.39 is 0 Å². The normalized spacial score (nSPS) is 10.6. The summed E-state index contributed by atoms with van der Waals surface area (Å²) >= 11 is 7.35. The molecule has 8 heteroatoms. The number of halogens is 1. The van der Waals surface area contributed by atoms with E-state index >= 15 is 0 Å². The van der Waals surface area contributed by atoms with Crippen molar-refractivity contribution in [1.82, 2.24) is 15.1 Å². The van der Waals surface area contributed by atoms with Crippen LogP contribution in [0.2, 0.25) is 5.02 Å². The van der Waals surface area contributed by atoms with Gasteiger partial charge in [-0.25, -0.2) is 4.98 Å². The predicted octanol–water partition coefficient (Wildman–Crippen LogP) is 4.08. The summed E-state index contributed by atoms with van der Waals surface area (Å²) in [7, 11) is 0. The fraction of sp³-hybridized carbons (Fsp3) is 0.176. The molecule has 6 nitrogen and oxygen atoms in total. The zero-order valence-electron chi connectivity index (χ0n) is 13.4. The highest BCUT2D eigenvalue weighted by molar-refractivity contribution is 7.99. The average Bonchev–Trinajstić information content (AvgIpc) is 3.12. The number of para-hydroxylation sites is 1. The van der Waals surface area contributed by atoms with E-state index in [4.69, 9.17) is 16.1 Å². The Kier molecular flexibility index (Phi) is 5.67. The lowest BCUT2D eigenvalue weighted by molar-refractivity contribution is -0.113. The summed E-state index contributed by atoms with van der Waals surface area (Å²) in [6, 6.07) is 10.8. The Bertz CT molecular complexity index is 867. The quantitative estimate of drug-likeness (QED) is 0.655. The average molecular weight is 375 g/mol. The van der Waals surface area contributed by atoms with E-state index in [1.54, 1.807) is 18.3 Å². The third kappa shape index (κ3) is 4.58. The number of carbonyl (C=O) groups excluding carboxylic acids is 1. The first-order valence-electron chi connectivity index (χ1n) is 7.62. The number of carbonyl (C=O) groups is 1. The molecule has 0 radical (unpaired) electrons. The number of rotatable bonds is 6. The van der Waals surface area contributed by atoms with Gasteiger partial charge in [0.1, 0.15) is 0 Å². The number of nitrogens with zero attached hydrogens (tertiary/aromatic N) is 3. The molecule has 0 aliphatic heterocycles. The van der Waals surface area contributed by atoms with Crippen LogP contribution in [0.4, 0.5) is 5.69 Å². The summed E-state index contributed by atoms with van der Waals surface area (Å²) in [6.07, 6.45) is 2.37. The van der Waals surface area contributed by atoms with Gasteiger partial charge in [0, 0.05) is 12.6 Å². The number of anilines is 1. The second-order valence-corrected chi connectivity index (χ2v) is 6.47. The molecule has 0 atom stereocenters. The summed E-state index contributed by atoms with van der Waals surface area (Å²) in [5.41, 5.74) is 1.35. The molecule has 0 aliphatic carbocycles. The first-order chi connectivity index (χ1) is 12.2. The van der Waals surface area contributed by atoms with E-state index in [-0.39, 0.29) is 11.7 Å². The van der Waals surface area contributed by atoms with Crippen LogP contribution in [0.5, 0.6) is 0 Å². The summed E-state index contributed by atoms with van der Waals surface area (Å²) in [6.45, 7) is 1.96. The van der Waals surface area contributed by atoms with Crippen molar-refractivity contribution in [2.45, 2.75) is 18.4 Å². The molecule has 0 aliphatic rings. The minimum atomic E-state index is -0.145. The van der Waals surface area contributed by atoms with Crippen molar-refractivity contribution >= 4 is 35.0 Å². The van der Waals surface area contributed by atoms with Gasteiger partial charge in [0.2, 0.25) is 5.91 Å². The Morgan fingerprint density at radius 2 is 2.12 bits per heavy atom. The number of hydrogen-bond donors (Lipinski definition) is 1. The van der Waals surface area contributed by atoms with Crippen LogP contribution in [0, 0.1) is 0 Å². The minimum Gasteiger partial charge on any atom is -0.334 e. The van der Waals surface area contributed by atoms with Crippen molar-refractivity contribution < 1.29 is 9.32 Å². The van der Waals surface area contributed by atoms with Gasteiger partial charge in [-0.2, -0.15) is 4.98 Å². The molecule has 0 saturated heterocycles. The number of aryl methyl sites for hydroxylation is 1. The van der Waals surface area contributed by atoms with Gasteiger partial charge in [0.15, 0.2) is 5.82 Å². The van der Waals surface area contributed by atoms with Crippen LogP contribution >= 0.6 is 23.4 Å². The van der Waals surface area contributed by atoms with Gasteiger partial charge < -0.3 is 9.84 Å². The van der Waals surface area contributed by atoms with Gasteiger partial charge in [-0.3, -0.25) is 4.79 Å². The Morgan fingerprint density at radius 1 is 1.28 bits per heavy atom. The number of thioether (sulfide) groups is 1. The maximum Gasteiger partial charge on any atom is 0.259 e. The Hall–Kier alpha value is -2.38. The van der Waals surface area contributed by atoms with E-state index in [9.17, 15) is 4.79 Å². The van der Waals surface area contributed by atoms with Gasteiger partial charge in [-0.1, -0.05) is 47.6 Å². The summed E-state index contributed by atoms with van der Waals surface area (Å²) in [5, 5.41) is 7.87. The van der Waals surface area contributed by atoms with E-state index in [2.05, 4.69) is 20.4 Å².